The predicted molar refractivity (Wildman–Crippen MR) is 67.9 cm³/mol. The molecule has 2 N–H and O–H groups in total. The summed E-state index contributed by atoms with van der Waals surface area (Å²) in [5.74, 6) is 2.04. The van der Waals surface area contributed by atoms with Gasteiger partial charge in [0.1, 0.15) is 11.5 Å². The fourth-order valence-electron chi connectivity index (χ4n) is 1.64. The minimum Gasteiger partial charge on any atom is -0.466 e. The Morgan fingerprint density at radius 3 is 2.44 bits per heavy atom. The molecule has 0 aliphatic heterocycles. The van der Waals surface area contributed by atoms with Crippen LogP contribution in [0.5, 0.6) is 0 Å². The van der Waals surface area contributed by atoms with Gasteiger partial charge in [0.15, 0.2) is 0 Å². The summed E-state index contributed by atoms with van der Waals surface area (Å²) in [5, 5.41) is 6.74. The van der Waals surface area contributed by atoms with Crippen LogP contribution in [0.3, 0.4) is 0 Å². The lowest BCUT2D eigenvalue weighted by Crippen LogP contribution is -2.36. The smallest absolute Gasteiger partial charge is 0.111 e. The third-order valence-corrected chi connectivity index (χ3v) is 2.70. The first kappa shape index (κ1) is 13.3. The number of nitrogens with one attached hydrogen (secondary N) is 2. The molecular weight excluding hydrogens is 200 g/mol. The van der Waals surface area contributed by atoms with Gasteiger partial charge in [0.25, 0.3) is 0 Å². The molecule has 92 valence electrons. The minimum atomic E-state index is 0.0560. The molecule has 0 fully saturated rings. The van der Waals surface area contributed by atoms with E-state index in [1.54, 1.807) is 0 Å². The van der Waals surface area contributed by atoms with Crippen LogP contribution in [-0.4, -0.2) is 26.2 Å². The number of likely N-dealkylation sites (N-methyl/N-ethyl adjacent to an activating group) is 1. The Hall–Kier alpha value is -0.800. The minimum absolute atomic E-state index is 0.0560. The highest BCUT2D eigenvalue weighted by atomic mass is 16.3. The van der Waals surface area contributed by atoms with Crippen molar-refractivity contribution in [3.05, 3.63) is 23.7 Å². The quantitative estimate of drug-likeness (QED) is 0.696. The van der Waals surface area contributed by atoms with Crippen molar-refractivity contribution in [2.45, 2.75) is 33.1 Å². The third-order valence-electron chi connectivity index (χ3n) is 2.70. The van der Waals surface area contributed by atoms with E-state index >= 15 is 0 Å². The van der Waals surface area contributed by atoms with E-state index in [2.05, 4.69) is 37.5 Å². The molecule has 1 rings (SSSR count). The zero-order valence-corrected chi connectivity index (χ0v) is 10.9. The van der Waals surface area contributed by atoms with Gasteiger partial charge < -0.3 is 15.1 Å². The molecule has 3 heteroatoms. The summed E-state index contributed by atoms with van der Waals surface area (Å²) in [6, 6.07) is 4.09. The maximum Gasteiger partial charge on any atom is 0.111 e. The molecule has 0 aliphatic rings. The van der Waals surface area contributed by atoms with Crippen molar-refractivity contribution in [2.24, 2.45) is 0 Å². The van der Waals surface area contributed by atoms with E-state index in [1.165, 1.54) is 0 Å². The first-order valence-electron chi connectivity index (χ1n) is 6.04. The maximum atomic E-state index is 5.67. The Bertz CT molecular complexity index is 305. The highest BCUT2D eigenvalue weighted by molar-refractivity contribution is 5.15. The summed E-state index contributed by atoms with van der Waals surface area (Å²) < 4.78 is 5.67. The van der Waals surface area contributed by atoms with Crippen molar-refractivity contribution in [3.8, 4) is 0 Å². The molecule has 0 saturated carbocycles. The standard InChI is InChI=1S/C13H24N2O/c1-5-14-8-9-15-10-13(3,4)12-7-6-11(2)16-12/h6-7,14-15H,5,8-10H2,1-4H3. The second kappa shape index (κ2) is 6.06. The number of rotatable bonds is 7. The number of furan rings is 1. The topological polar surface area (TPSA) is 37.2 Å². The van der Waals surface area contributed by atoms with Crippen LogP contribution in [0.25, 0.3) is 0 Å². The van der Waals surface area contributed by atoms with E-state index in [1.807, 2.05) is 13.0 Å². The van der Waals surface area contributed by atoms with Crippen LogP contribution in [0.1, 0.15) is 32.3 Å². The van der Waals surface area contributed by atoms with Crippen LogP contribution < -0.4 is 10.6 Å². The van der Waals surface area contributed by atoms with Crippen LogP contribution >= 0.6 is 0 Å². The van der Waals surface area contributed by atoms with Gasteiger partial charge in [0.05, 0.1) is 0 Å². The molecule has 0 amide bonds. The fourth-order valence-corrected chi connectivity index (χ4v) is 1.64. The lowest BCUT2D eigenvalue weighted by Gasteiger charge is -2.22. The molecule has 1 aromatic rings. The predicted octanol–water partition coefficient (Wildman–Crippen LogP) is 2.06. The number of hydrogen-bond donors (Lipinski definition) is 2. The molecule has 0 bridgehead atoms. The molecule has 0 unspecified atom stereocenters. The average molecular weight is 224 g/mol. The van der Waals surface area contributed by atoms with Gasteiger partial charge in [-0.2, -0.15) is 0 Å². The first-order valence-corrected chi connectivity index (χ1v) is 6.04. The summed E-state index contributed by atoms with van der Waals surface area (Å²) >= 11 is 0. The molecule has 1 heterocycles. The molecular formula is C13H24N2O. The Morgan fingerprint density at radius 1 is 1.19 bits per heavy atom. The molecule has 0 aliphatic carbocycles. The Labute approximate surface area is 98.6 Å². The number of hydrogen-bond acceptors (Lipinski definition) is 3. The van der Waals surface area contributed by atoms with Gasteiger partial charge in [0, 0.05) is 25.0 Å². The zero-order chi connectivity index (χ0) is 12.0. The van der Waals surface area contributed by atoms with E-state index in [9.17, 15) is 0 Å². The van der Waals surface area contributed by atoms with E-state index in [4.69, 9.17) is 4.42 Å². The maximum absolute atomic E-state index is 5.67. The van der Waals surface area contributed by atoms with E-state index in [0.717, 1.165) is 37.7 Å². The lowest BCUT2D eigenvalue weighted by molar-refractivity contribution is 0.357. The lowest BCUT2D eigenvalue weighted by atomic mass is 9.90. The second-order valence-electron chi connectivity index (χ2n) is 4.82. The first-order chi connectivity index (χ1) is 7.56. The summed E-state index contributed by atoms with van der Waals surface area (Å²) in [4.78, 5) is 0. The SMILES string of the molecule is CCNCCNCC(C)(C)c1ccc(C)o1. The molecule has 1 aromatic heterocycles. The van der Waals surface area contributed by atoms with Crippen molar-refractivity contribution in [1.29, 1.82) is 0 Å². The van der Waals surface area contributed by atoms with Gasteiger partial charge in [-0.25, -0.2) is 0 Å². The molecule has 0 atom stereocenters. The molecule has 16 heavy (non-hydrogen) atoms. The van der Waals surface area contributed by atoms with E-state index in [-0.39, 0.29) is 5.41 Å². The van der Waals surface area contributed by atoms with Crippen molar-refractivity contribution in [2.75, 3.05) is 26.2 Å². The van der Waals surface area contributed by atoms with Crippen molar-refractivity contribution in [1.82, 2.24) is 10.6 Å². The fraction of sp³-hybridized carbons (Fsp3) is 0.692. The molecule has 3 nitrogen and oxygen atoms in total. The Balaban J connectivity index is 2.34. The van der Waals surface area contributed by atoms with Crippen LogP contribution in [0.4, 0.5) is 0 Å². The van der Waals surface area contributed by atoms with Gasteiger partial charge in [-0.1, -0.05) is 20.8 Å². The van der Waals surface area contributed by atoms with Crippen LogP contribution in [0.15, 0.2) is 16.5 Å². The normalized spacial score (nSPS) is 12.0. The summed E-state index contributed by atoms with van der Waals surface area (Å²) in [6.45, 7) is 12.5. The van der Waals surface area contributed by atoms with Crippen LogP contribution in [0, 0.1) is 6.92 Å². The highest BCUT2D eigenvalue weighted by Crippen LogP contribution is 2.24. The van der Waals surface area contributed by atoms with Gasteiger partial charge in [-0.3, -0.25) is 0 Å². The summed E-state index contributed by atoms with van der Waals surface area (Å²) in [6.07, 6.45) is 0. The van der Waals surface area contributed by atoms with Gasteiger partial charge in [-0.05, 0) is 25.6 Å². The Kier molecular flexibility index (Phi) is 5.03. The number of aryl methyl sites for hydroxylation is 1. The van der Waals surface area contributed by atoms with Gasteiger partial charge >= 0.3 is 0 Å². The van der Waals surface area contributed by atoms with E-state index in [0.29, 0.717) is 0 Å². The van der Waals surface area contributed by atoms with Crippen LogP contribution in [0.2, 0.25) is 0 Å². The second-order valence-corrected chi connectivity index (χ2v) is 4.82. The monoisotopic (exact) mass is 224 g/mol. The van der Waals surface area contributed by atoms with Crippen molar-refractivity contribution < 1.29 is 4.42 Å². The summed E-state index contributed by atoms with van der Waals surface area (Å²) in [7, 11) is 0. The largest absolute Gasteiger partial charge is 0.466 e. The molecule has 0 saturated heterocycles. The highest BCUT2D eigenvalue weighted by Gasteiger charge is 2.23. The van der Waals surface area contributed by atoms with Crippen LogP contribution in [-0.2, 0) is 5.41 Å². The third kappa shape index (κ3) is 3.99. The molecule has 0 aromatic carbocycles. The van der Waals surface area contributed by atoms with Crippen molar-refractivity contribution >= 4 is 0 Å². The van der Waals surface area contributed by atoms with Gasteiger partial charge in [-0.15, -0.1) is 0 Å². The van der Waals surface area contributed by atoms with E-state index < -0.39 is 0 Å². The Morgan fingerprint density at radius 2 is 1.88 bits per heavy atom. The zero-order valence-electron chi connectivity index (χ0n) is 10.9. The summed E-state index contributed by atoms with van der Waals surface area (Å²) in [5.41, 5.74) is 0.0560. The average Bonchev–Trinajstić information content (AvgIpc) is 2.65. The van der Waals surface area contributed by atoms with Gasteiger partial charge in [0.2, 0.25) is 0 Å². The molecule has 0 spiro atoms. The van der Waals surface area contributed by atoms with Crippen molar-refractivity contribution in [3.63, 3.8) is 0 Å². The molecule has 0 radical (unpaired) electrons.